The fraction of sp³-hybridized carbons (Fsp3) is 0.550. The first-order chi connectivity index (χ1) is 16.0. The zero-order chi connectivity index (χ0) is 24.5. The summed E-state index contributed by atoms with van der Waals surface area (Å²) in [6.45, 7) is 2.16. The molecule has 9 N–H and O–H groups in total. The van der Waals surface area contributed by atoms with Crippen molar-refractivity contribution in [1.82, 2.24) is 15.0 Å². The Balaban J connectivity index is 1.61. The van der Waals surface area contributed by atoms with Gasteiger partial charge in [-0.1, -0.05) is 0 Å². The van der Waals surface area contributed by atoms with Crippen LogP contribution in [-0.4, -0.2) is 70.8 Å². The molecule has 2 aromatic rings. The molecule has 4 unspecified atom stereocenters. The van der Waals surface area contributed by atoms with Crippen LogP contribution in [0.15, 0.2) is 29.2 Å². The lowest BCUT2D eigenvalue weighted by Crippen LogP contribution is -2.54. The molecule has 14 heteroatoms. The van der Waals surface area contributed by atoms with Crippen molar-refractivity contribution in [1.29, 1.82) is 0 Å². The number of benzene rings is 1. The van der Waals surface area contributed by atoms with E-state index in [-0.39, 0.29) is 46.8 Å². The Bertz CT molecular complexity index is 912. The molecule has 3 heterocycles. The van der Waals surface area contributed by atoms with Gasteiger partial charge in [0.1, 0.15) is 0 Å². The molecule has 0 bridgehead atoms. The zero-order valence-corrected chi connectivity index (χ0v) is 19.3. The second-order valence-electron chi connectivity index (χ2n) is 8.78. The number of nitrogens with zero attached hydrogens (tertiary/aromatic N) is 5. The maximum absolute atomic E-state index is 12.6. The summed E-state index contributed by atoms with van der Waals surface area (Å²) >= 11 is -0.171. The van der Waals surface area contributed by atoms with E-state index in [1.807, 2.05) is 9.80 Å². The van der Waals surface area contributed by atoms with Gasteiger partial charge in [-0.3, -0.25) is 0 Å². The molecular formula is C20H29F3N10S. The van der Waals surface area contributed by atoms with E-state index in [0.717, 1.165) is 0 Å². The minimum absolute atomic E-state index is 0.0858. The number of rotatable bonds is 5. The van der Waals surface area contributed by atoms with Crippen LogP contribution in [0.4, 0.5) is 36.7 Å². The normalized spacial score (nSPS) is 26.0. The fourth-order valence-corrected chi connectivity index (χ4v) is 4.78. The summed E-state index contributed by atoms with van der Waals surface area (Å²) in [5, 5.41) is 3.07. The fourth-order valence-electron chi connectivity index (χ4n) is 4.25. The van der Waals surface area contributed by atoms with Crippen LogP contribution in [0.25, 0.3) is 0 Å². The van der Waals surface area contributed by atoms with Crippen LogP contribution in [0.2, 0.25) is 0 Å². The topological polar surface area (TPSA) is 161 Å². The summed E-state index contributed by atoms with van der Waals surface area (Å²) in [5.74, 6) is 1.07. The number of hydrogen-bond donors (Lipinski definition) is 5. The molecule has 0 radical (unpaired) electrons. The summed E-state index contributed by atoms with van der Waals surface area (Å²) < 4.78 is 37.9. The largest absolute Gasteiger partial charge is 0.446 e. The third-order valence-electron chi connectivity index (χ3n) is 5.55. The number of alkyl halides is 3. The van der Waals surface area contributed by atoms with Crippen LogP contribution in [-0.2, 0) is 0 Å². The highest BCUT2D eigenvalue weighted by molar-refractivity contribution is 8.00. The molecule has 2 saturated heterocycles. The van der Waals surface area contributed by atoms with Gasteiger partial charge < -0.3 is 38.1 Å². The van der Waals surface area contributed by atoms with Crippen LogP contribution in [0.5, 0.6) is 0 Å². The number of nitrogens with two attached hydrogens (primary N) is 4. The third kappa shape index (κ3) is 6.60. The summed E-state index contributed by atoms with van der Waals surface area (Å²) in [7, 11) is 0. The Morgan fingerprint density at radius 1 is 0.765 bits per heavy atom. The van der Waals surface area contributed by atoms with E-state index in [2.05, 4.69) is 20.3 Å². The average molecular weight is 499 g/mol. The Hall–Kier alpha value is -2.39. The predicted molar refractivity (Wildman–Crippen MR) is 127 cm³/mol. The molecule has 0 saturated carbocycles. The van der Waals surface area contributed by atoms with Crippen molar-refractivity contribution >= 4 is 35.3 Å². The molecule has 2 fully saturated rings. The maximum atomic E-state index is 12.6. The van der Waals surface area contributed by atoms with Crippen LogP contribution in [0.1, 0.15) is 12.8 Å². The first-order valence-corrected chi connectivity index (χ1v) is 11.8. The standard InChI is InChI=1S/C20H29F3N10S/c21-20(22,23)34-16-3-1-15(2-4-16)28-17-29-18(32-7-11(24)5-12(25)8-32)31-19(30-17)33-9-13(26)6-14(27)10-33/h1-4,11-14H,5-10,24-27H2,(H,28,29,30,31). The van der Waals surface area contributed by atoms with E-state index < -0.39 is 5.51 Å². The van der Waals surface area contributed by atoms with Gasteiger partial charge in [-0.25, -0.2) is 0 Å². The van der Waals surface area contributed by atoms with Crippen molar-refractivity contribution in [2.24, 2.45) is 22.9 Å². The van der Waals surface area contributed by atoms with E-state index in [0.29, 0.717) is 56.6 Å². The van der Waals surface area contributed by atoms with E-state index in [1.165, 1.54) is 24.3 Å². The van der Waals surface area contributed by atoms with E-state index in [1.54, 1.807) is 0 Å². The molecule has 0 spiro atoms. The van der Waals surface area contributed by atoms with Gasteiger partial charge in [0.05, 0.1) is 0 Å². The van der Waals surface area contributed by atoms with Gasteiger partial charge in [0, 0.05) is 60.9 Å². The quantitative estimate of drug-likeness (QED) is 0.373. The summed E-state index contributed by atoms with van der Waals surface area (Å²) in [4.78, 5) is 17.7. The summed E-state index contributed by atoms with van der Waals surface area (Å²) in [6.07, 6.45) is 1.41. The molecule has 4 atom stereocenters. The number of hydrogen-bond acceptors (Lipinski definition) is 11. The van der Waals surface area contributed by atoms with Crippen molar-refractivity contribution in [3.63, 3.8) is 0 Å². The first kappa shape index (κ1) is 24.7. The smallest absolute Gasteiger partial charge is 0.338 e. The maximum Gasteiger partial charge on any atom is 0.446 e. The molecule has 1 aromatic heterocycles. The van der Waals surface area contributed by atoms with Gasteiger partial charge in [0.15, 0.2) is 0 Å². The highest BCUT2D eigenvalue weighted by Crippen LogP contribution is 2.37. The zero-order valence-electron chi connectivity index (χ0n) is 18.4. The van der Waals surface area contributed by atoms with Crippen molar-refractivity contribution in [2.45, 2.75) is 47.4 Å². The number of anilines is 4. The second-order valence-corrected chi connectivity index (χ2v) is 9.92. The van der Waals surface area contributed by atoms with Crippen LogP contribution in [0.3, 0.4) is 0 Å². The van der Waals surface area contributed by atoms with Crippen molar-refractivity contribution in [2.75, 3.05) is 41.3 Å². The lowest BCUT2D eigenvalue weighted by Gasteiger charge is -2.37. The molecule has 1 aromatic carbocycles. The number of halogens is 3. The molecule has 4 rings (SSSR count). The molecule has 10 nitrogen and oxygen atoms in total. The van der Waals surface area contributed by atoms with Crippen LogP contribution < -0.4 is 38.1 Å². The average Bonchev–Trinajstić information content (AvgIpc) is 2.72. The van der Waals surface area contributed by atoms with Gasteiger partial charge in [-0.05, 0) is 48.9 Å². The molecule has 0 aliphatic carbocycles. The molecule has 2 aliphatic rings. The first-order valence-electron chi connectivity index (χ1n) is 10.9. The molecule has 34 heavy (non-hydrogen) atoms. The van der Waals surface area contributed by atoms with Crippen molar-refractivity contribution in [3.8, 4) is 0 Å². The van der Waals surface area contributed by atoms with Crippen LogP contribution >= 0.6 is 11.8 Å². The van der Waals surface area contributed by atoms with Crippen molar-refractivity contribution < 1.29 is 13.2 Å². The van der Waals surface area contributed by atoms with Gasteiger partial charge in [-0.15, -0.1) is 0 Å². The number of aromatic nitrogens is 3. The predicted octanol–water partition coefficient (Wildman–Crippen LogP) is 0.957. The minimum atomic E-state index is -4.35. The second kappa shape index (κ2) is 10.1. The number of thioether (sulfide) groups is 1. The monoisotopic (exact) mass is 498 g/mol. The third-order valence-corrected chi connectivity index (χ3v) is 6.29. The van der Waals surface area contributed by atoms with E-state index >= 15 is 0 Å². The Kier molecular flexibility index (Phi) is 7.33. The Morgan fingerprint density at radius 3 is 1.62 bits per heavy atom. The summed E-state index contributed by atoms with van der Waals surface area (Å²) in [5.41, 5.74) is 20.8. The van der Waals surface area contributed by atoms with E-state index in [9.17, 15) is 13.2 Å². The lowest BCUT2D eigenvalue weighted by atomic mass is 10.0. The number of nitrogens with one attached hydrogen (secondary N) is 1. The Labute approximate surface area is 199 Å². The molecule has 186 valence electrons. The highest BCUT2D eigenvalue weighted by Gasteiger charge is 2.30. The van der Waals surface area contributed by atoms with E-state index in [4.69, 9.17) is 22.9 Å². The minimum Gasteiger partial charge on any atom is -0.338 e. The van der Waals surface area contributed by atoms with Gasteiger partial charge >= 0.3 is 5.51 Å². The van der Waals surface area contributed by atoms with Gasteiger partial charge in [0.25, 0.3) is 0 Å². The molecule has 2 aliphatic heterocycles. The molecule has 0 amide bonds. The van der Waals surface area contributed by atoms with Gasteiger partial charge in [-0.2, -0.15) is 28.1 Å². The number of piperidine rings is 2. The SMILES string of the molecule is NC1CC(N)CN(c2nc(Nc3ccc(SC(F)(F)F)cc3)nc(N3CC(N)CC(N)C3)n2)C1. The lowest BCUT2D eigenvalue weighted by molar-refractivity contribution is -0.0328. The van der Waals surface area contributed by atoms with Crippen molar-refractivity contribution in [3.05, 3.63) is 24.3 Å². The summed E-state index contributed by atoms with van der Waals surface area (Å²) in [6, 6.07) is 5.38. The van der Waals surface area contributed by atoms with Crippen LogP contribution in [0, 0.1) is 0 Å². The van der Waals surface area contributed by atoms with Gasteiger partial charge in [0.2, 0.25) is 17.8 Å². The Morgan fingerprint density at radius 2 is 1.21 bits per heavy atom. The molecular weight excluding hydrogens is 469 g/mol. The highest BCUT2D eigenvalue weighted by atomic mass is 32.2.